The molecule has 1 amide bonds. The summed E-state index contributed by atoms with van der Waals surface area (Å²) < 4.78 is 3.55. The van der Waals surface area contributed by atoms with Gasteiger partial charge in [-0.05, 0) is 49.9 Å². The molecule has 0 unspecified atom stereocenters. The van der Waals surface area contributed by atoms with Gasteiger partial charge in [-0.25, -0.2) is 4.68 Å². The van der Waals surface area contributed by atoms with Gasteiger partial charge in [0.05, 0.1) is 5.69 Å². The summed E-state index contributed by atoms with van der Waals surface area (Å²) in [6.45, 7) is 0. The number of rotatable bonds is 3. The molecular formula is C19H20ClN5O. The maximum Gasteiger partial charge on any atom is 0.277 e. The lowest BCUT2D eigenvalue weighted by atomic mass is 10.1. The molecule has 0 spiro atoms. The quantitative estimate of drug-likeness (QED) is 0.714. The number of carbonyl (C=O) groups is 1. The van der Waals surface area contributed by atoms with Crippen LogP contribution in [0, 0.1) is 0 Å². The molecular weight excluding hydrogens is 350 g/mol. The van der Waals surface area contributed by atoms with Crippen molar-refractivity contribution in [3.05, 3.63) is 58.5 Å². The highest BCUT2D eigenvalue weighted by atomic mass is 35.5. The molecule has 1 N–H and O–H groups in total. The predicted molar refractivity (Wildman–Crippen MR) is 101 cm³/mol. The van der Waals surface area contributed by atoms with Gasteiger partial charge >= 0.3 is 0 Å². The number of benzene rings is 1. The summed E-state index contributed by atoms with van der Waals surface area (Å²) in [4.78, 5) is 12.8. The van der Waals surface area contributed by atoms with Crippen molar-refractivity contribution < 1.29 is 4.79 Å². The van der Waals surface area contributed by atoms with E-state index in [1.165, 1.54) is 0 Å². The van der Waals surface area contributed by atoms with Gasteiger partial charge in [0.1, 0.15) is 0 Å². The Labute approximate surface area is 156 Å². The number of nitrogens with zero attached hydrogens (tertiary/aromatic N) is 4. The number of nitrogens with one attached hydrogen (secondary N) is 1. The average molecular weight is 370 g/mol. The topological polar surface area (TPSA) is 64.7 Å². The minimum atomic E-state index is -0.213. The van der Waals surface area contributed by atoms with Crippen LogP contribution in [0.2, 0.25) is 5.02 Å². The van der Waals surface area contributed by atoms with E-state index >= 15 is 0 Å². The molecule has 26 heavy (non-hydrogen) atoms. The van der Waals surface area contributed by atoms with Gasteiger partial charge in [-0.15, -0.1) is 0 Å². The van der Waals surface area contributed by atoms with Crippen LogP contribution in [0.1, 0.15) is 41.0 Å². The van der Waals surface area contributed by atoms with Gasteiger partial charge in [0.15, 0.2) is 11.5 Å². The zero-order valence-electron chi connectivity index (χ0n) is 14.6. The van der Waals surface area contributed by atoms with E-state index < -0.39 is 0 Å². The number of hydrogen-bond acceptors (Lipinski definition) is 3. The van der Waals surface area contributed by atoms with Crippen LogP contribution < -0.4 is 5.32 Å². The highest BCUT2D eigenvalue weighted by molar-refractivity contribution is 6.30. The number of aryl methyl sites for hydroxylation is 1. The van der Waals surface area contributed by atoms with E-state index in [4.69, 9.17) is 11.6 Å². The average Bonchev–Trinajstić information content (AvgIpc) is 3.10. The van der Waals surface area contributed by atoms with Crippen molar-refractivity contribution in [2.45, 2.75) is 32.1 Å². The van der Waals surface area contributed by atoms with Gasteiger partial charge in [0.2, 0.25) is 0 Å². The van der Waals surface area contributed by atoms with Crippen LogP contribution in [0.3, 0.4) is 0 Å². The van der Waals surface area contributed by atoms with Crippen LogP contribution in [-0.4, -0.2) is 25.5 Å². The first-order valence-corrected chi connectivity index (χ1v) is 9.17. The third kappa shape index (κ3) is 3.24. The lowest BCUT2D eigenvalue weighted by Gasteiger charge is -2.07. The normalized spacial score (nSPS) is 13.9. The van der Waals surface area contributed by atoms with E-state index in [1.807, 2.05) is 36.0 Å². The largest absolute Gasteiger partial charge is 0.304 e. The Morgan fingerprint density at radius 1 is 1.08 bits per heavy atom. The Bertz CT molecular complexity index is 941. The highest BCUT2D eigenvalue weighted by Crippen LogP contribution is 2.27. The Kier molecular flexibility index (Phi) is 4.51. The first-order valence-electron chi connectivity index (χ1n) is 8.79. The Balaban J connectivity index is 1.74. The molecule has 0 bridgehead atoms. The third-order valence-electron chi connectivity index (χ3n) is 4.67. The summed E-state index contributed by atoms with van der Waals surface area (Å²) in [7, 11) is 1.82. The van der Waals surface area contributed by atoms with Gasteiger partial charge in [-0.2, -0.15) is 10.2 Å². The third-order valence-corrected chi connectivity index (χ3v) is 4.92. The fraction of sp³-hybridized carbons (Fsp3) is 0.316. The van der Waals surface area contributed by atoms with Crippen molar-refractivity contribution in [1.82, 2.24) is 19.6 Å². The smallest absolute Gasteiger partial charge is 0.277 e. The molecule has 0 aliphatic heterocycles. The van der Waals surface area contributed by atoms with Crippen molar-refractivity contribution >= 4 is 23.3 Å². The summed E-state index contributed by atoms with van der Waals surface area (Å²) in [5.41, 5.74) is 3.58. The number of amides is 1. The summed E-state index contributed by atoms with van der Waals surface area (Å²) in [6, 6.07) is 9.32. The van der Waals surface area contributed by atoms with E-state index in [9.17, 15) is 4.79 Å². The molecule has 0 saturated carbocycles. The highest BCUT2D eigenvalue weighted by Gasteiger charge is 2.25. The molecule has 0 atom stereocenters. The standard InChI is InChI=1S/C19H20ClN5O/c1-24-12-11-17(22-24)21-19(26)18-15-5-3-2-4-6-16(15)25(23-18)14-9-7-13(20)8-10-14/h7-12H,2-6H2,1H3,(H,21,22,26). The minimum absolute atomic E-state index is 0.213. The minimum Gasteiger partial charge on any atom is -0.304 e. The van der Waals surface area contributed by atoms with Crippen molar-refractivity contribution in [1.29, 1.82) is 0 Å². The molecule has 1 aliphatic rings. The van der Waals surface area contributed by atoms with Gasteiger partial charge < -0.3 is 5.32 Å². The summed E-state index contributed by atoms with van der Waals surface area (Å²) in [5, 5.41) is 12.4. The SMILES string of the molecule is Cn1ccc(NC(=O)c2nn(-c3ccc(Cl)cc3)c3c2CCCCC3)n1. The summed E-state index contributed by atoms with van der Waals surface area (Å²) in [5.74, 6) is 0.315. The van der Waals surface area contributed by atoms with Crippen LogP contribution in [0.4, 0.5) is 5.82 Å². The van der Waals surface area contributed by atoms with Crippen LogP contribution >= 0.6 is 11.6 Å². The maximum atomic E-state index is 12.8. The molecule has 1 aliphatic carbocycles. The number of aromatic nitrogens is 4. The number of halogens is 1. The molecule has 0 fully saturated rings. The van der Waals surface area contributed by atoms with E-state index in [1.54, 1.807) is 16.9 Å². The van der Waals surface area contributed by atoms with Crippen LogP contribution in [0.15, 0.2) is 36.5 Å². The van der Waals surface area contributed by atoms with Crippen molar-refractivity contribution in [2.75, 3.05) is 5.32 Å². The number of fused-ring (bicyclic) bond motifs is 1. The molecule has 1 aromatic carbocycles. The van der Waals surface area contributed by atoms with E-state index in [0.717, 1.165) is 49.0 Å². The second-order valence-corrected chi connectivity index (χ2v) is 6.99. The molecule has 3 aromatic rings. The second kappa shape index (κ2) is 6.96. The van der Waals surface area contributed by atoms with Gasteiger partial charge in [0.25, 0.3) is 5.91 Å². The molecule has 2 aromatic heterocycles. The lowest BCUT2D eigenvalue weighted by Crippen LogP contribution is -2.15. The van der Waals surface area contributed by atoms with Crippen LogP contribution in [-0.2, 0) is 19.9 Å². The number of anilines is 1. The molecule has 6 nitrogen and oxygen atoms in total. The first-order chi connectivity index (χ1) is 12.6. The van der Waals surface area contributed by atoms with E-state index in [-0.39, 0.29) is 5.91 Å². The first kappa shape index (κ1) is 16.8. The molecule has 0 saturated heterocycles. The summed E-state index contributed by atoms with van der Waals surface area (Å²) in [6.07, 6.45) is 6.92. The fourth-order valence-corrected chi connectivity index (χ4v) is 3.54. The van der Waals surface area contributed by atoms with Gasteiger partial charge in [-0.1, -0.05) is 18.0 Å². The van der Waals surface area contributed by atoms with Crippen molar-refractivity contribution in [3.8, 4) is 5.69 Å². The zero-order chi connectivity index (χ0) is 18.1. The molecule has 134 valence electrons. The monoisotopic (exact) mass is 369 g/mol. The predicted octanol–water partition coefficient (Wildman–Crippen LogP) is 3.78. The molecule has 0 radical (unpaired) electrons. The number of carbonyl (C=O) groups excluding carboxylic acids is 1. The van der Waals surface area contributed by atoms with Crippen molar-refractivity contribution in [2.24, 2.45) is 7.05 Å². The molecule has 4 rings (SSSR count). The van der Waals surface area contributed by atoms with Crippen LogP contribution in [0.25, 0.3) is 5.69 Å². The van der Waals surface area contributed by atoms with E-state index in [2.05, 4.69) is 15.5 Å². The Morgan fingerprint density at radius 3 is 2.58 bits per heavy atom. The number of hydrogen-bond donors (Lipinski definition) is 1. The molecule has 7 heteroatoms. The van der Waals surface area contributed by atoms with Gasteiger partial charge in [0, 0.05) is 35.6 Å². The summed E-state index contributed by atoms with van der Waals surface area (Å²) >= 11 is 6.01. The molecule has 2 heterocycles. The fourth-order valence-electron chi connectivity index (χ4n) is 3.41. The lowest BCUT2D eigenvalue weighted by molar-refractivity contribution is 0.102. The zero-order valence-corrected chi connectivity index (χ0v) is 15.3. The second-order valence-electron chi connectivity index (χ2n) is 6.55. The van der Waals surface area contributed by atoms with Crippen molar-refractivity contribution in [3.63, 3.8) is 0 Å². The van der Waals surface area contributed by atoms with Crippen LogP contribution in [0.5, 0.6) is 0 Å². The van der Waals surface area contributed by atoms with E-state index in [0.29, 0.717) is 16.5 Å². The maximum absolute atomic E-state index is 12.8. The Morgan fingerprint density at radius 2 is 1.85 bits per heavy atom. The van der Waals surface area contributed by atoms with Gasteiger partial charge in [-0.3, -0.25) is 9.48 Å². The Hall–Kier alpha value is -2.60.